The largest absolute Gasteiger partial charge is 0.239 e. The minimum atomic E-state index is -3.81. The minimum Gasteiger partial charge on any atom is -0.239 e. The predicted octanol–water partition coefficient (Wildman–Crippen LogP) is 5.85. The Morgan fingerprint density at radius 3 is 2.03 bits per heavy atom. The molecule has 3 aromatic rings. The van der Waals surface area contributed by atoms with Crippen LogP contribution in [-0.2, 0) is 10.0 Å². The van der Waals surface area contributed by atoms with E-state index < -0.39 is 10.0 Å². The maximum Gasteiger partial charge on any atom is 0.238 e. The van der Waals surface area contributed by atoms with Crippen LogP contribution in [0.15, 0.2) is 88.8 Å². The van der Waals surface area contributed by atoms with Gasteiger partial charge in [0, 0.05) is 11.1 Å². The lowest BCUT2D eigenvalue weighted by Crippen LogP contribution is -2.11. The fraction of sp³-hybridized carbons (Fsp3) is 0.0769. The number of nitriles is 1. The number of hydrogen-bond acceptors (Lipinski definition) is 5. The quantitative estimate of drug-likeness (QED) is 0.312. The second-order valence-corrected chi connectivity index (χ2v) is 10.3. The summed E-state index contributed by atoms with van der Waals surface area (Å²) in [5, 5.41) is 15.3. The van der Waals surface area contributed by atoms with Crippen molar-refractivity contribution in [1.82, 2.24) is 4.98 Å². The number of nitrogens with zero attached hydrogens (tertiary/aromatic N) is 2. The van der Waals surface area contributed by atoms with E-state index in [1.165, 1.54) is 47.2 Å². The molecule has 0 amide bonds. The van der Waals surface area contributed by atoms with Gasteiger partial charge in [-0.2, -0.15) is 5.26 Å². The Balaban J connectivity index is 0.000000388. The summed E-state index contributed by atoms with van der Waals surface area (Å²) in [7, 11) is -3.81. The molecule has 0 bridgehead atoms. The van der Waals surface area contributed by atoms with Crippen molar-refractivity contribution in [3.8, 4) is 39.6 Å². The van der Waals surface area contributed by atoms with Crippen molar-refractivity contribution in [3.05, 3.63) is 90.2 Å². The number of fused-ring (bicyclic) bond motifs is 1. The first-order valence-electron chi connectivity index (χ1n) is 10.4. The Hall–Kier alpha value is -3.51. The average molecular weight is 490 g/mol. The Bertz CT molecular complexity index is 1480. The Kier molecular flexibility index (Phi) is 6.80. The maximum absolute atomic E-state index is 13.4. The van der Waals surface area contributed by atoms with Crippen molar-refractivity contribution in [1.29, 1.82) is 5.26 Å². The van der Waals surface area contributed by atoms with Crippen LogP contribution in [-0.4, -0.2) is 19.2 Å². The number of primary sulfonamides is 1. The summed E-state index contributed by atoms with van der Waals surface area (Å²) in [4.78, 5) is 4.65. The summed E-state index contributed by atoms with van der Waals surface area (Å²) in [6.07, 6.45) is 0. The van der Waals surface area contributed by atoms with E-state index in [9.17, 15) is 18.1 Å². The van der Waals surface area contributed by atoms with Gasteiger partial charge < -0.3 is 0 Å². The molecule has 1 aromatic heterocycles. The SMILES string of the molecule is CCSc1nc(-c2ccc(F)cc2)c(-c2ccc(S(N)(=O)=O)cc2)cc1C#N.c1cc2cc-2c1. The number of sulfonamides is 1. The zero-order chi connectivity index (χ0) is 24.3. The Morgan fingerprint density at radius 1 is 0.941 bits per heavy atom. The van der Waals surface area contributed by atoms with E-state index in [-0.39, 0.29) is 10.7 Å². The van der Waals surface area contributed by atoms with E-state index in [0.29, 0.717) is 33.0 Å². The van der Waals surface area contributed by atoms with Crippen LogP contribution in [0.3, 0.4) is 0 Å². The summed E-state index contributed by atoms with van der Waals surface area (Å²) in [5.41, 5.74) is 5.86. The van der Waals surface area contributed by atoms with Crippen LogP contribution in [0.5, 0.6) is 0 Å². The van der Waals surface area contributed by atoms with Gasteiger partial charge in [-0.3, -0.25) is 0 Å². The van der Waals surface area contributed by atoms with Crippen LogP contribution in [0.1, 0.15) is 12.5 Å². The first-order chi connectivity index (χ1) is 16.3. The summed E-state index contributed by atoms with van der Waals surface area (Å²) in [6, 6.07) is 24.3. The lowest BCUT2D eigenvalue weighted by Gasteiger charge is -2.13. The molecule has 0 atom stereocenters. The first kappa shape index (κ1) is 23.6. The lowest BCUT2D eigenvalue weighted by atomic mass is 9.98. The first-order valence-corrected chi connectivity index (χ1v) is 12.9. The normalized spacial score (nSPS) is 11.2. The van der Waals surface area contributed by atoms with E-state index in [1.54, 1.807) is 30.3 Å². The van der Waals surface area contributed by atoms with Crippen LogP contribution in [0.2, 0.25) is 0 Å². The standard InChI is InChI=1S/C20H16FN3O2S2.C6H4/c1-2-27-20-15(12-22)11-18(13-5-9-17(10-6-13)28(23,25)26)19(24-20)14-3-7-16(21)8-4-14;1-2-5-4-6(5)3-1/h3-11H,2H2,1H3,(H2,23,25,26);1-4H. The van der Waals surface area contributed by atoms with Gasteiger partial charge in [-0.15, -0.1) is 11.8 Å². The molecule has 2 N–H and O–H groups in total. The molecule has 0 spiro atoms. The van der Waals surface area contributed by atoms with Gasteiger partial charge in [-0.05, 0) is 71.0 Å². The molecule has 0 fully saturated rings. The van der Waals surface area contributed by atoms with E-state index in [2.05, 4.69) is 35.3 Å². The second-order valence-electron chi connectivity index (χ2n) is 7.44. The Labute approximate surface area is 202 Å². The molecule has 0 unspecified atom stereocenters. The zero-order valence-electron chi connectivity index (χ0n) is 18.2. The van der Waals surface area contributed by atoms with Gasteiger partial charge in [0.25, 0.3) is 0 Å². The van der Waals surface area contributed by atoms with Crippen molar-refractivity contribution < 1.29 is 12.8 Å². The second kappa shape index (κ2) is 9.77. The molecule has 34 heavy (non-hydrogen) atoms. The van der Waals surface area contributed by atoms with Gasteiger partial charge in [-0.1, -0.05) is 37.3 Å². The maximum atomic E-state index is 13.4. The highest BCUT2D eigenvalue weighted by Gasteiger charge is 2.16. The van der Waals surface area contributed by atoms with Gasteiger partial charge >= 0.3 is 0 Å². The van der Waals surface area contributed by atoms with Crippen LogP contribution in [0.4, 0.5) is 4.39 Å². The van der Waals surface area contributed by atoms with Crippen LogP contribution >= 0.6 is 11.8 Å². The molecule has 2 aliphatic carbocycles. The molecule has 2 aromatic carbocycles. The van der Waals surface area contributed by atoms with Gasteiger partial charge in [0.05, 0.1) is 16.2 Å². The van der Waals surface area contributed by atoms with Gasteiger partial charge in [-0.25, -0.2) is 22.9 Å². The highest BCUT2D eigenvalue weighted by molar-refractivity contribution is 7.99. The van der Waals surface area contributed by atoms with Crippen molar-refractivity contribution in [2.45, 2.75) is 16.8 Å². The number of benzene rings is 3. The van der Waals surface area contributed by atoms with E-state index in [1.807, 2.05) is 6.92 Å². The fourth-order valence-corrected chi connectivity index (χ4v) is 4.58. The molecule has 2 aliphatic rings. The fourth-order valence-electron chi connectivity index (χ4n) is 3.37. The number of hydrogen-bond donors (Lipinski definition) is 1. The predicted molar refractivity (Wildman–Crippen MR) is 133 cm³/mol. The van der Waals surface area contributed by atoms with Crippen molar-refractivity contribution in [3.63, 3.8) is 0 Å². The van der Waals surface area contributed by atoms with Crippen LogP contribution < -0.4 is 5.14 Å². The van der Waals surface area contributed by atoms with Crippen molar-refractivity contribution in [2.75, 3.05) is 5.75 Å². The number of nitrogens with two attached hydrogens (primary N) is 1. The number of thioether (sulfide) groups is 1. The molecule has 170 valence electrons. The highest BCUT2D eigenvalue weighted by atomic mass is 32.2. The molecule has 0 saturated heterocycles. The van der Waals surface area contributed by atoms with Gasteiger partial charge in [0.15, 0.2) is 0 Å². The number of aromatic nitrogens is 1. The molecule has 0 saturated carbocycles. The van der Waals surface area contributed by atoms with Gasteiger partial charge in [0.1, 0.15) is 16.9 Å². The summed E-state index contributed by atoms with van der Waals surface area (Å²) in [5.74, 6) is 0.382. The zero-order valence-corrected chi connectivity index (χ0v) is 19.8. The number of halogens is 1. The Morgan fingerprint density at radius 2 is 1.56 bits per heavy atom. The van der Waals surface area contributed by atoms with Crippen molar-refractivity contribution in [2.24, 2.45) is 5.14 Å². The molecule has 0 radical (unpaired) electrons. The average Bonchev–Trinajstić information content (AvgIpc) is 3.43. The number of rotatable bonds is 5. The van der Waals surface area contributed by atoms with E-state index in [4.69, 9.17) is 5.14 Å². The topological polar surface area (TPSA) is 96.8 Å². The smallest absolute Gasteiger partial charge is 0.238 e. The minimum absolute atomic E-state index is 0.00814. The van der Waals surface area contributed by atoms with Gasteiger partial charge in [0.2, 0.25) is 10.0 Å². The molecule has 0 aliphatic heterocycles. The molecule has 5 rings (SSSR count). The summed E-state index contributed by atoms with van der Waals surface area (Å²) < 4.78 is 36.4. The third-order valence-electron chi connectivity index (χ3n) is 5.11. The highest BCUT2D eigenvalue weighted by Crippen LogP contribution is 2.35. The summed E-state index contributed by atoms with van der Waals surface area (Å²) in [6.45, 7) is 1.96. The number of pyridine rings is 1. The molecule has 5 nitrogen and oxygen atoms in total. The molecular formula is C26H20FN3O2S2. The van der Waals surface area contributed by atoms with Crippen LogP contribution in [0.25, 0.3) is 33.5 Å². The molecule has 8 heteroatoms. The molecule has 1 heterocycles. The third kappa shape index (κ3) is 5.34. The summed E-state index contributed by atoms with van der Waals surface area (Å²) >= 11 is 1.44. The third-order valence-corrected chi connectivity index (χ3v) is 6.92. The lowest BCUT2D eigenvalue weighted by molar-refractivity contribution is 0.598. The van der Waals surface area contributed by atoms with Crippen LogP contribution in [0, 0.1) is 17.1 Å². The van der Waals surface area contributed by atoms with E-state index in [0.717, 1.165) is 5.75 Å². The monoisotopic (exact) mass is 489 g/mol. The van der Waals surface area contributed by atoms with E-state index >= 15 is 0 Å². The van der Waals surface area contributed by atoms with Crippen molar-refractivity contribution >= 4 is 21.8 Å². The molecular weight excluding hydrogens is 469 g/mol.